The summed E-state index contributed by atoms with van der Waals surface area (Å²) in [7, 11) is 0. The number of aryl methyl sites for hydroxylation is 2. The second-order valence-corrected chi connectivity index (χ2v) is 4.82. The van der Waals surface area contributed by atoms with Crippen LogP contribution in [0.2, 0.25) is 0 Å². The molecule has 0 amide bonds. The van der Waals surface area contributed by atoms with Crippen molar-refractivity contribution in [2.45, 2.75) is 13.8 Å². The van der Waals surface area contributed by atoms with Crippen molar-refractivity contribution in [2.75, 3.05) is 0 Å². The molecule has 0 fully saturated rings. The maximum Gasteiger partial charge on any atom is 0.202 e. The Morgan fingerprint density at radius 2 is 2.05 bits per heavy atom. The number of H-pyrrole nitrogens is 1. The molecule has 0 saturated carbocycles. The van der Waals surface area contributed by atoms with E-state index in [2.05, 4.69) is 36.2 Å². The summed E-state index contributed by atoms with van der Waals surface area (Å²) in [5.74, 6) is 1.36. The third-order valence-corrected chi connectivity index (χ3v) is 3.44. The lowest BCUT2D eigenvalue weighted by Gasteiger charge is -2.07. The summed E-state index contributed by atoms with van der Waals surface area (Å²) in [5, 5.41) is 7.05. The molecule has 0 spiro atoms. The molecule has 0 aliphatic heterocycles. The molecule has 0 radical (unpaired) electrons. The molecule has 0 aliphatic rings. The van der Waals surface area contributed by atoms with E-state index < -0.39 is 0 Å². The van der Waals surface area contributed by atoms with Crippen molar-refractivity contribution in [3.63, 3.8) is 0 Å². The van der Waals surface area contributed by atoms with Gasteiger partial charge in [-0.3, -0.25) is 9.67 Å². The van der Waals surface area contributed by atoms with Crippen LogP contribution in [-0.4, -0.2) is 14.8 Å². The second kappa shape index (κ2) is 4.51. The fourth-order valence-electron chi connectivity index (χ4n) is 1.97. The van der Waals surface area contributed by atoms with Crippen LogP contribution in [0.1, 0.15) is 11.1 Å². The molecule has 1 aromatic carbocycles. The molecule has 2 aromatic heterocycles. The number of furan rings is 1. The van der Waals surface area contributed by atoms with Gasteiger partial charge in [-0.25, -0.2) is 0 Å². The molecular formula is C14H13N3OS. The number of aromatic amines is 1. The first-order valence-corrected chi connectivity index (χ1v) is 6.36. The molecular weight excluding hydrogens is 258 g/mol. The summed E-state index contributed by atoms with van der Waals surface area (Å²) < 4.78 is 7.83. The molecule has 2 heterocycles. The number of nitrogens with one attached hydrogen (secondary N) is 1. The Bertz CT molecular complexity index is 768. The van der Waals surface area contributed by atoms with E-state index in [4.69, 9.17) is 16.6 Å². The first kappa shape index (κ1) is 11.9. The lowest BCUT2D eigenvalue weighted by atomic mass is 10.1. The smallest absolute Gasteiger partial charge is 0.202 e. The minimum atomic E-state index is 0.551. The molecule has 0 aliphatic carbocycles. The minimum absolute atomic E-state index is 0.551. The van der Waals surface area contributed by atoms with E-state index in [1.807, 2.05) is 22.8 Å². The maximum absolute atomic E-state index is 5.40. The number of aromatic nitrogens is 3. The highest BCUT2D eigenvalue weighted by atomic mass is 32.1. The number of hydrogen-bond donors (Lipinski definition) is 1. The average Bonchev–Trinajstić information content (AvgIpc) is 3.01. The highest BCUT2D eigenvalue weighted by molar-refractivity contribution is 7.71. The van der Waals surface area contributed by atoms with Crippen LogP contribution in [0.4, 0.5) is 0 Å². The van der Waals surface area contributed by atoms with E-state index in [-0.39, 0.29) is 0 Å². The molecule has 4 nitrogen and oxygen atoms in total. The van der Waals surface area contributed by atoms with Crippen LogP contribution in [0.15, 0.2) is 41.0 Å². The van der Waals surface area contributed by atoms with Crippen LogP contribution >= 0.6 is 12.2 Å². The topological polar surface area (TPSA) is 46.8 Å². The van der Waals surface area contributed by atoms with Gasteiger partial charge in [-0.05, 0) is 61.5 Å². The fourth-order valence-corrected chi connectivity index (χ4v) is 2.21. The van der Waals surface area contributed by atoms with Crippen LogP contribution in [0.3, 0.4) is 0 Å². The van der Waals surface area contributed by atoms with Gasteiger partial charge in [-0.15, -0.1) is 0 Å². The van der Waals surface area contributed by atoms with Crippen LogP contribution in [-0.2, 0) is 0 Å². The van der Waals surface area contributed by atoms with Gasteiger partial charge in [-0.2, -0.15) is 5.10 Å². The lowest BCUT2D eigenvalue weighted by Crippen LogP contribution is -1.98. The first-order chi connectivity index (χ1) is 9.16. The maximum atomic E-state index is 5.40. The van der Waals surface area contributed by atoms with Gasteiger partial charge in [-0.1, -0.05) is 6.07 Å². The Morgan fingerprint density at radius 3 is 2.74 bits per heavy atom. The predicted molar refractivity (Wildman–Crippen MR) is 75.9 cm³/mol. The highest BCUT2D eigenvalue weighted by Crippen LogP contribution is 2.23. The lowest BCUT2D eigenvalue weighted by molar-refractivity contribution is 0.575. The van der Waals surface area contributed by atoms with Crippen molar-refractivity contribution >= 4 is 12.2 Å². The molecule has 0 saturated heterocycles. The van der Waals surface area contributed by atoms with Crippen molar-refractivity contribution in [3.05, 3.63) is 52.5 Å². The van der Waals surface area contributed by atoms with Gasteiger partial charge in [0.25, 0.3) is 0 Å². The van der Waals surface area contributed by atoms with Gasteiger partial charge >= 0.3 is 0 Å². The molecule has 3 aromatic rings. The summed E-state index contributed by atoms with van der Waals surface area (Å²) in [5.41, 5.74) is 3.44. The second-order valence-electron chi connectivity index (χ2n) is 4.43. The van der Waals surface area contributed by atoms with Gasteiger partial charge < -0.3 is 4.42 Å². The molecule has 0 unspecified atom stereocenters. The highest BCUT2D eigenvalue weighted by Gasteiger charge is 2.13. The van der Waals surface area contributed by atoms with E-state index in [9.17, 15) is 0 Å². The standard InChI is InChI=1S/C14H13N3OS/c1-9-5-6-11(8-10(9)2)17-13(15-16-14(17)19)12-4-3-7-18-12/h3-8H,1-2H3,(H,16,19). The van der Waals surface area contributed by atoms with Crippen molar-refractivity contribution in [3.8, 4) is 17.3 Å². The third-order valence-electron chi connectivity index (χ3n) is 3.16. The van der Waals surface area contributed by atoms with Gasteiger partial charge in [0.1, 0.15) is 0 Å². The summed E-state index contributed by atoms with van der Waals surface area (Å²) in [4.78, 5) is 0. The van der Waals surface area contributed by atoms with E-state index in [0.717, 1.165) is 5.69 Å². The number of benzene rings is 1. The van der Waals surface area contributed by atoms with Crippen molar-refractivity contribution in [1.29, 1.82) is 0 Å². The van der Waals surface area contributed by atoms with Crippen molar-refractivity contribution < 1.29 is 4.42 Å². The molecule has 96 valence electrons. The van der Waals surface area contributed by atoms with E-state index >= 15 is 0 Å². The Morgan fingerprint density at radius 1 is 1.21 bits per heavy atom. The normalized spacial score (nSPS) is 10.8. The Kier molecular flexibility index (Phi) is 2.83. The Hall–Kier alpha value is -2.14. The molecule has 0 atom stereocenters. The summed E-state index contributed by atoms with van der Waals surface area (Å²) >= 11 is 5.31. The predicted octanol–water partition coefficient (Wildman–Crippen LogP) is 3.81. The third kappa shape index (κ3) is 2.02. The molecule has 0 bridgehead atoms. The SMILES string of the molecule is Cc1ccc(-n2c(-c3ccco3)n[nH]c2=S)cc1C. The van der Waals surface area contributed by atoms with Gasteiger partial charge in [0, 0.05) is 0 Å². The van der Waals surface area contributed by atoms with E-state index in [0.29, 0.717) is 16.4 Å². The minimum Gasteiger partial charge on any atom is -0.461 e. The van der Waals surface area contributed by atoms with E-state index in [1.54, 1.807) is 6.26 Å². The number of nitrogens with zero attached hydrogens (tertiary/aromatic N) is 2. The van der Waals surface area contributed by atoms with Crippen molar-refractivity contribution in [1.82, 2.24) is 14.8 Å². The zero-order valence-corrected chi connectivity index (χ0v) is 11.5. The quantitative estimate of drug-likeness (QED) is 0.721. The molecule has 19 heavy (non-hydrogen) atoms. The van der Waals surface area contributed by atoms with Crippen LogP contribution < -0.4 is 0 Å². The summed E-state index contributed by atoms with van der Waals surface area (Å²) in [6, 6.07) is 9.89. The average molecular weight is 271 g/mol. The zero-order chi connectivity index (χ0) is 13.4. The first-order valence-electron chi connectivity index (χ1n) is 5.96. The van der Waals surface area contributed by atoms with Crippen LogP contribution in [0.25, 0.3) is 17.3 Å². The molecule has 3 rings (SSSR count). The van der Waals surface area contributed by atoms with Crippen molar-refractivity contribution in [2.24, 2.45) is 0 Å². The molecule has 1 N–H and O–H groups in total. The van der Waals surface area contributed by atoms with Gasteiger partial charge in [0.15, 0.2) is 10.5 Å². The zero-order valence-electron chi connectivity index (χ0n) is 10.7. The Balaban J connectivity index is 2.22. The van der Waals surface area contributed by atoms with E-state index in [1.165, 1.54) is 11.1 Å². The largest absolute Gasteiger partial charge is 0.461 e. The summed E-state index contributed by atoms with van der Waals surface area (Å²) in [6.07, 6.45) is 1.62. The van der Waals surface area contributed by atoms with Gasteiger partial charge in [0.2, 0.25) is 5.82 Å². The number of rotatable bonds is 2. The summed E-state index contributed by atoms with van der Waals surface area (Å²) in [6.45, 7) is 4.16. The number of hydrogen-bond acceptors (Lipinski definition) is 3. The van der Waals surface area contributed by atoms with Gasteiger partial charge in [0.05, 0.1) is 12.0 Å². The van der Waals surface area contributed by atoms with Crippen LogP contribution in [0.5, 0.6) is 0 Å². The monoisotopic (exact) mass is 271 g/mol. The molecule has 5 heteroatoms. The fraction of sp³-hybridized carbons (Fsp3) is 0.143. The van der Waals surface area contributed by atoms with Crippen LogP contribution in [0, 0.1) is 18.6 Å². The Labute approximate surface area is 115 Å².